The van der Waals surface area contributed by atoms with E-state index in [-0.39, 0.29) is 5.91 Å². The number of hydrazone groups is 1. The van der Waals surface area contributed by atoms with Gasteiger partial charge in [0.1, 0.15) is 0 Å². The van der Waals surface area contributed by atoms with E-state index in [4.69, 9.17) is 4.98 Å². The Morgan fingerprint density at radius 3 is 2.68 bits per heavy atom. The molecule has 1 aliphatic rings. The number of aromatic nitrogens is 1. The van der Waals surface area contributed by atoms with Gasteiger partial charge >= 0.3 is 0 Å². The lowest BCUT2D eigenvalue weighted by atomic mass is 10.1. The zero-order valence-electron chi connectivity index (χ0n) is 13.4. The van der Waals surface area contributed by atoms with E-state index in [1.807, 2.05) is 54.6 Å². The fourth-order valence-corrected chi connectivity index (χ4v) is 3.01. The number of nitrogens with zero attached hydrogens (tertiary/aromatic N) is 2. The second-order valence-electron chi connectivity index (χ2n) is 6.14. The molecule has 0 radical (unpaired) electrons. The van der Waals surface area contributed by atoms with Gasteiger partial charge in [-0.25, -0.2) is 5.43 Å². The third-order valence-electron chi connectivity index (χ3n) is 4.23. The van der Waals surface area contributed by atoms with Crippen LogP contribution in [0.5, 0.6) is 0 Å². The maximum atomic E-state index is 12.6. The quantitative estimate of drug-likeness (QED) is 0.518. The molecule has 4 nitrogen and oxygen atoms in total. The van der Waals surface area contributed by atoms with Gasteiger partial charge in [0, 0.05) is 21.5 Å². The van der Waals surface area contributed by atoms with Crippen molar-refractivity contribution < 1.29 is 4.79 Å². The summed E-state index contributed by atoms with van der Waals surface area (Å²) in [5, 5.41) is 4.93. The number of nitrogens with one attached hydrogen (secondary N) is 1. The van der Waals surface area contributed by atoms with Crippen LogP contribution in [0.3, 0.4) is 0 Å². The van der Waals surface area contributed by atoms with Gasteiger partial charge in [0.2, 0.25) is 0 Å². The molecule has 3 aromatic rings. The summed E-state index contributed by atoms with van der Waals surface area (Å²) >= 11 is 3.39. The third kappa shape index (κ3) is 3.61. The Balaban J connectivity index is 1.59. The molecule has 0 unspecified atom stereocenters. The summed E-state index contributed by atoms with van der Waals surface area (Å²) in [5.74, 6) is 0.274. The molecule has 25 heavy (non-hydrogen) atoms. The highest BCUT2D eigenvalue weighted by Gasteiger charge is 2.26. The summed E-state index contributed by atoms with van der Waals surface area (Å²) in [6.07, 6.45) is 3.93. The van der Waals surface area contributed by atoms with Crippen molar-refractivity contribution in [2.45, 2.75) is 18.8 Å². The topological polar surface area (TPSA) is 54.4 Å². The molecule has 5 heteroatoms. The van der Waals surface area contributed by atoms with E-state index < -0.39 is 0 Å². The molecule has 0 aliphatic heterocycles. The number of benzene rings is 2. The molecule has 0 spiro atoms. The Kier molecular flexibility index (Phi) is 4.32. The Hall–Kier alpha value is -2.53. The molecule has 2 aromatic carbocycles. The summed E-state index contributed by atoms with van der Waals surface area (Å²) in [5.41, 5.74) is 6.03. The van der Waals surface area contributed by atoms with Crippen LogP contribution < -0.4 is 5.43 Å². The molecule has 4 rings (SSSR count). The van der Waals surface area contributed by atoms with Crippen LogP contribution >= 0.6 is 15.9 Å². The summed E-state index contributed by atoms with van der Waals surface area (Å²) in [4.78, 5) is 17.3. The van der Waals surface area contributed by atoms with Gasteiger partial charge in [-0.3, -0.25) is 9.78 Å². The standard InChI is InChI=1S/C20H16BrN3O/c21-15-9-5-13(6-10-15)12-22-24-20(25)17-11-19(14-7-8-14)23-18-4-2-1-3-16(17)18/h1-6,9-12,14H,7-8H2,(H,24,25)/b22-12+. The first-order valence-electron chi connectivity index (χ1n) is 8.19. The number of fused-ring (bicyclic) bond motifs is 1. The van der Waals surface area contributed by atoms with Crippen molar-refractivity contribution in [1.82, 2.24) is 10.4 Å². The van der Waals surface area contributed by atoms with Crippen LogP contribution in [0.15, 0.2) is 64.2 Å². The number of hydrogen-bond donors (Lipinski definition) is 1. The molecule has 1 aromatic heterocycles. The maximum Gasteiger partial charge on any atom is 0.272 e. The minimum Gasteiger partial charge on any atom is -0.267 e. The lowest BCUT2D eigenvalue weighted by molar-refractivity contribution is 0.0956. The number of para-hydroxylation sites is 1. The predicted molar refractivity (Wildman–Crippen MR) is 103 cm³/mol. The van der Waals surface area contributed by atoms with Crippen molar-refractivity contribution in [1.29, 1.82) is 0 Å². The highest BCUT2D eigenvalue weighted by molar-refractivity contribution is 9.10. The van der Waals surface area contributed by atoms with Crippen LogP contribution in [-0.4, -0.2) is 17.1 Å². The lowest BCUT2D eigenvalue weighted by Gasteiger charge is -2.08. The maximum absolute atomic E-state index is 12.6. The highest BCUT2D eigenvalue weighted by atomic mass is 79.9. The zero-order chi connectivity index (χ0) is 17.2. The van der Waals surface area contributed by atoms with Gasteiger partial charge < -0.3 is 0 Å². The van der Waals surface area contributed by atoms with Crippen LogP contribution in [-0.2, 0) is 0 Å². The Morgan fingerprint density at radius 1 is 1.16 bits per heavy atom. The van der Waals surface area contributed by atoms with Crippen molar-refractivity contribution in [3.63, 3.8) is 0 Å². The molecule has 1 heterocycles. The van der Waals surface area contributed by atoms with Crippen molar-refractivity contribution in [3.05, 3.63) is 75.9 Å². The fourth-order valence-electron chi connectivity index (χ4n) is 2.75. The molecular formula is C20H16BrN3O. The fraction of sp³-hybridized carbons (Fsp3) is 0.150. The molecule has 0 bridgehead atoms. The Labute approximate surface area is 154 Å². The van der Waals surface area contributed by atoms with E-state index >= 15 is 0 Å². The first kappa shape index (κ1) is 16.0. The summed E-state index contributed by atoms with van der Waals surface area (Å²) < 4.78 is 1.00. The van der Waals surface area contributed by atoms with Crippen molar-refractivity contribution in [2.75, 3.05) is 0 Å². The van der Waals surface area contributed by atoms with E-state index in [0.29, 0.717) is 11.5 Å². The van der Waals surface area contributed by atoms with Crippen LogP contribution in [0.2, 0.25) is 0 Å². The molecule has 1 aliphatic carbocycles. The first-order valence-corrected chi connectivity index (χ1v) is 8.99. The molecule has 124 valence electrons. The smallest absolute Gasteiger partial charge is 0.267 e. The second kappa shape index (κ2) is 6.76. The van der Waals surface area contributed by atoms with Gasteiger partial charge in [-0.15, -0.1) is 0 Å². The number of carbonyl (C=O) groups is 1. The van der Waals surface area contributed by atoms with Crippen molar-refractivity contribution in [2.24, 2.45) is 5.10 Å². The van der Waals surface area contributed by atoms with Crippen molar-refractivity contribution in [3.8, 4) is 0 Å². The minimum atomic E-state index is -0.214. The summed E-state index contributed by atoms with van der Waals surface area (Å²) in [6.45, 7) is 0. The average Bonchev–Trinajstić information content (AvgIpc) is 3.47. The van der Waals surface area contributed by atoms with Crippen molar-refractivity contribution >= 4 is 39.0 Å². The van der Waals surface area contributed by atoms with Gasteiger partial charge in [0.25, 0.3) is 5.91 Å². The summed E-state index contributed by atoms with van der Waals surface area (Å²) in [6, 6.07) is 17.4. The average molecular weight is 394 g/mol. The van der Waals surface area contributed by atoms with E-state index in [9.17, 15) is 4.79 Å². The normalized spacial score (nSPS) is 14.1. The van der Waals surface area contributed by atoms with E-state index in [1.165, 1.54) is 0 Å². The molecule has 0 atom stereocenters. The van der Waals surface area contributed by atoms with Gasteiger partial charge in [-0.05, 0) is 42.7 Å². The minimum absolute atomic E-state index is 0.214. The van der Waals surface area contributed by atoms with Gasteiger partial charge in [-0.2, -0.15) is 5.10 Å². The van der Waals surface area contributed by atoms with Crippen LogP contribution in [0.25, 0.3) is 10.9 Å². The molecule has 1 N–H and O–H groups in total. The monoisotopic (exact) mass is 393 g/mol. The van der Waals surface area contributed by atoms with Crippen LogP contribution in [0.4, 0.5) is 0 Å². The number of pyridine rings is 1. The van der Waals surface area contributed by atoms with Gasteiger partial charge in [-0.1, -0.05) is 46.3 Å². The van der Waals surface area contributed by atoms with E-state index in [2.05, 4.69) is 26.5 Å². The van der Waals surface area contributed by atoms with E-state index in [0.717, 1.165) is 39.5 Å². The largest absolute Gasteiger partial charge is 0.272 e. The zero-order valence-corrected chi connectivity index (χ0v) is 15.0. The Bertz CT molecular complexity index is 962. The van der Waals surface area contributed by atoms with Gasteiger partial charge in [0.05, 0.1) is 17.3 Å². The second-order valence-corrected chi connectivity index (χ2v) is 7.05. The molecule has 1 amide bonds. The lowest BCUT2D eigenvalue weighted by Crippen LogP contribution is -2.18. The Morgan fingerprint density at radius 2 is 1.92 bits per heavy atom. The molecule has 0 saturated heterocycles. The predicted octanol–water partition coefficient (Wildman–Crippen LogP) is 4.64. The molecule has 1 saturated carbocycles. The summed E-state index contributed by atoms with van der Waals surface area (Å²) in [7, 11) is 0. The van der Waals surface area contributed by atoms with Crippen LogP contribution in [0, 0.1) is 0 Å². The first-order chi connectivity index (χ1) is 12.2. The molecular weight excluding hydrogens is 378 g/mol. The number of amides is 1. The van der Waals surface area contributed by atoms with Gasteiger partial charge in [0.15, 0.2) is 0 Å². The number of carbonyl (C=O) groups excluding carboxylic acids is 1. The molecule has 1 fully saturated rings. The third-order valence-corrected chi connectivity index (χ3v) is 4.75. The highest BCUT2D eigenvalue weighted by Crippen LogP contribution is 2.40. The number of rotatable bonds is 4. The number of hydrogen-bond acceptors (Lipinski definition) is 3. The van der Waals surface area contributed by atoms with E-state index in [1.54, 1.807) is 6.21 Å². The number of halogens is 1. The van der Waals surface area contributed by atoms with Crippen LogP contribution in [0.1, 0.15) is 40.4 Å². The SMILES string of the molecule is O=C(N/N=C/c1ccc(Br)cc1)c1cc(C2CC2)nc2ccccc12.